The second kappa shape index (κ2) is 6.04. The first-order valence-corrected chi connectivity index (χ1v) is 6.15. The van der Waals surface area contributed by atoms with Crippen molar-refractivity contribution in [2.75, 3.05) is 5.32 Å². The molecule has 0 saturated heterocycles. The van der Waals surface area contributed by atoms with E-state index in [1.54, 1.807) is 30.3 Å². The number of hydrogen-bond acceptors (Lipinski definition) is 4. The molecular formula is C14H10ClN3O2. The van der Waals surface area contributed by atoms with E-state index in [0.717, 1.165) is 0 Å². The zero-order valence-electron chi connectivity index (χ0n) is 10.3. The molecule has 0 amide bonds. The molecule has 0 aliphatic heterocycles. The SMILES string of the molecule is N#Cc1ccccc1NCc1cc(Cl)ccc1[N+](=O)[O-]. The minimum absolute atomic E-state index is 0.00339. The van der Waals surface area contributed by atoms with Gasteiger partial charge in [-0.25, -0.2) is 0 Å². The number of nitro groups is 1. The van der Waals surface area contributed by atoms with Crippen molar-refractivity contribution in [1.82, 2.24) is 0 Å². The molecule has 0 unspecified atom stereocenters. The Balaban J connectivity index is 2.25. The van der Waals surface area contributed by atoms with Crippen LogP contribution in [0.4, 0.5) is 11.4 Å². The Hall–Kier alpha value is -2.58. The fourth-order valence-electron chi connectivity index (χ4n) is 1.80. The molecule has 0 radical (unpaired) electrons. The van der Waals surface area contributed by atoms with Crippen molar-refractivity contribution in [3.8, 4) is 6.07 Å². The van der Waals surface area contributed by atoms with E-state index in [9.17, 15) is 10.1 Å². The molecule has 2 aromatic carbocycles. The summed E-state index contributed by atoms with van der Waals surface area (Å²) < 4.78 is 0. The summed E-state index contributed by atoms with van der Waals surface area (Å²) >= 11 is 5.86. The minimum atomic E-state index is -0.455. The van der Waals surface area contributed by atoms with Crippen LogP contribution in [0.15, 0.2) is 42.5 Å². The van der Waals surface area contributed by atoms with Crippen molar-refractivity contribution in [1.29, 1.82) is 5.26 Å². The van der Waals surface area contributed by atoms with E-state index >= 15 is 0 Å². The van der Waals surface area contributed by atoms with E-state index < -0.39 is 4.92 Å². The zero-order valence-corrected chi connectivity index (χ0v) is 11.1. The summed E-state index contributed by atoms with van der Waals surface area (Å²) in [6.45, 7) is 0.218. The summed E-state index contributed by atoms with van der Waals surface area (Å²) in [6.07, 6.45) is 0. The molecule has 5 nitrogen and oxygen atoms in total. The van der Waals surface area contributed by atoms with Crippen LogP contribution in [0.2, 0.25) is 5.02 Å². The lowest BCUT2D eigenvalue weighted by Gasteiger charge is -2.08. The van der Waals surface area contributed by atoms with Crippen LogP contribution in [0.3, 0.4) is 0 Å². The molecule has 1 N–H and O–H groups in total. The Labute approximate surface area is 120 Å². The summed E-state index contributed by atoms with van der Waals surface area (Å²) in [5.74, 6) is 0. The molecule has 0 saturated carbocycles. The van der Waals surface area contributed by atoms with E-state index in [2.05, 4.69) is 11.4 Å². The second-order valence-electron chi connectivity index (χ2n) is 4.04. The van der Waals surface area contributed by atoms with Crippen molar-refractivity contribution in [2.45, 2.75) is 6.54 Å². The Morgan fingerprint density at radius 3 is 2.75 bits per heavy atom. The summed E-state index contributed by atoms with van der Waals surface area (Å²) in [5, 5.41) is 23.4. The summed E-state index contributed by atoms with van der Waals surface area (Å²) in [5.41, 5.74) is 1.58. The molecule has 0 heterocycles. The van der Waals surface area contributed by atoms with Crippen LogP contribution in [0, 0.1) is 21.4 Å². The van der Waals surface area contributed by atoms with Crippen LogP contribution in [0.5, 0.6) is 0 Å². The monoisotopic (exact) mass is 287 g/mol. The van der Waals surface area contributed by atoms with Gasteiger partial charge < -0.3 is 5.32 Å². The summed E-state index contributed by atoms with van der Waals surface area (Å²) in [6, 6.07) is 13.4. The van der Waals surface area contributed by atoms with Crippen molar-refractivity contribution in [3.05, 3.63) is 68.7 Å². The number of nitro benzene ring substituents is 1. The van der Waals surface area contributed by atoms with Crippen molar-refractivity contribution in [3.63, 3.8) is 0 Å². The summed E-state index contributed by atoms with van der Waals surface area (Å²) in [4.78, 5) is 10.5. The van der Waals surface area contributed by atoms with Crippen LogP contribution < -0.4 is 5.32 Å². The molecule has 2 aromatic rings. The van der Waals surface area contributed by atoms with Gasteiger partial charge in [0.2, 0.25) is 0 Å². The van der Waals surface area contributed by atoms with Gasteiger partial charge in [-0.2, -0.15) is 5.26 Å². The van der Waals surface area contributed by atoms with Gasteiger partial charge in [0.25, 0.3) is 5.69 Å². The number of para-hydroxylation sites is 1. The largest absolute Gasteiger partial charge is 0.380 e. The van der Waals surface area contributed by atoms with Gasteiger partial charge in [-0.1, -0.05) is 23.7 Å². The number of nitrogens with one attached hydrogen (secondary N) is 1. The van der Waals surface area contributed by atoms with Gasteiger partial charge in [-0.05, 0) is 24.3 Å². The van der Waals surface area contributed by atoms with Crippen LogP contribution in [0.25, 0.3) is 0 Å². The van der Waals surface area contributed by atoms with Gasteiger partial charge in [0.15, 0.2) is 0 Å². The van der Waals surface area contributed by atoms with Gasteiger partial charge in [-0.3, -0.25) is 10.1 Å². The summed E-state index contributed by atoms with van der Waals surface area (Å²) in [7, 11) is 0. The van der Waals surface area contributed by atoms with Crippen molar-refractivity contribution >= 4 is 23.0 Å². The van der Waals surface area contributed by atoms with Gasteiger partial charge in [-0.15, -0.1) is 0 Å². The van der Waals surface area contributed by atoms with Crippen molar-refractivity contribution < 1.29 is 4.92 Å². The highest BCUT2D eigenvalue weighted by Gasteiger charge is 2.14. The third kappa shape index (κ3) is 3.05. The topological polar surface area (TPSA) is 79.0 Å². The smallest absolute Gasteiger partial charge is 0.274 e. The highest BCUT2D eigenvalue weighted by atomic mass is 35.5. The van der Waals surface area contributed by atoms with Crippen molar-refractivity contribution in [2.24, 2.45) is 0 Å². The predicted octanol–water partition coefficient (Wildman–Crippen LogP) is 3.73. The predicted molar refractivity (Wildman–Crippen MR) is 76.6 cm³/mol. The lowest BCUT2D eigenvalue weighted by atomic mass is 10.1. The average molecular weight is 288 g/mol. The molecule has 100 valence electrons. The molecule has 6 heteroatoms. The first-order chi connectivity index (χ1) is 9.61. The molecule has 0 atom stereocenters. The lowest BCUT2D eigenvalue weighted by molar-refractivity contribution is -0.385. The van der Waals surface area contributed by atoms with E-state index in [4.69, 9.17) is 16.9 Å². The molecule has 0 aliphatic carbocycles. The number of nitrogens with zero attached hydrogens (tertiary/aromatic N) is 2. The molecule has 0 fully saturated rings. The fourth-order valence-corrected chi connectivity index (χ4v) is 1.99. The van der Waals surface area contributed by atoms with Gasteiger partial charge >= 0.3 is 0 Å². The number of anilines is 1. The Morgan fingerprint density at radius 2 is 2.05 bits per heavy atom. The normalized spacial score (nSPS) is 9.80. The van der Waals surface area contributed by atoms with E-state index in [0.29, 0.717) is 21.8 Å². The second-order valence-corrected chi connectivity index (χ2v) is 4.48. The number of halogens is 1. The zero-order chi connectivity index (χ0) is 14.5. The van der Waals surface area contributed by atoms with Gasteiger partial charge in [0.05, 0.1) is 21.7 Å². The molecule has 0 aliphatic rings. The molecule has 2 rings (SSSR count). The average Bonchev–Trinajstić information content (AvgIpc) is 2.45. The molecule has 0 bridgehead atoms. The van der Waals surface area contributed by atoms with Crippen LogP contribution in [-0.4, -0.2) is 4.92 Å². The number of hydrogen-bond donors (Lipinski definition) is 1. The van der Waals surface area contributed by atoms with E-state index in [1.807, 2.05) is 0 Å². The first-order valence-electron chi connectivity index (χ1n) is 5.77. The maximum atomic E-state index is 10.9. The number of nitriles is 1. The van der Waals surface area contributed by atoms with E-state index in [-0.39, 0.29) is 12.2 Å². The maximum Gasteiger partial charge on any atom is 0.274 e. The molecule has 0 aromatic heterocycles. The van der Waals surface area contributed by atoms with E-state index in [1.165, 1.54) is 12.1 Å². The highest BCUT2D eigenvalue weighted by molar-refractivity contribution is 6.30. The lowest BCUT2D eigenvalue weighted by Crippen LogP contribution is -2.04. The number of rotatable bonds is 4. The van der Waals surface area contributed by atoms with Crippen LogP contribution in [-0.2, 0) is 6.54 Å². The minimum Gasteiger partial charge on any atom is -0.380 e. The third-order valence-corrected chi connectivity index (χ3v) is 2.99. The molecule has 20 heavy (non-hydrogen) atoms. The number of benzene rings is 2. The van der Waals surface area contributed by atoms with Gasteiger partial charge in [0, 0.05) is 17.6 Å². The first kappa shape index (κ1) is 13.8. The third-order valence-electron chi connectivity index (χ3n) is 2.76. The Morgan fingerprint density at radius 1 is 1.30 bits per heavy atom. The fraction of sp³-hybridized carbons (Fsp3) is 0.0714. The molecule has 0 spiro atoms. The molecular weight excluding hydrogens is 278 g/mol. The van der Waals surface area contributed by atoms with Crippen LogP contribution >= 0.6 is 11.6 Å². The standard InChI is InChI=1S/C14H10ClN3O2/c15-12-5-6-14(18(19)20)11(7-12)9-17-13-4-2-1-3-10(13)8-16/h1-7,17H,9H2. The Bertz CT molecular complexity index is 695. The van der Waals surface area contributed by atoms with Gasteiger partial charge in [0.1, 0.15) is 6.07 Å². The highest BCUT2D eigenvalue weighted by Crippen LogP contribution is 2.24. The quantitative estimate of drug-likeness (QED) is 0.686. The van der Waals surface area contributed by atoms with Crippen LogP contribution in [0.1, 0.15) is 11.1 Å². The maximum absolute atomic E-state index is 10.9. The Kier molecular flexibility index (Phi) is 4.18.